The van der Waals surface area contributed by atoms with Crippen LogP contribution in [0, 0.1) is 6.92 Å². The number of aromatic nitrogens is 6. The van der Waals surface area contributed by atoms with Gasteiger partial charge in [-0.3, -0.25) is 100 Å². The lowest BCUT2D eigenvalue weighted by Crippen LogP contribution is -2.50. The first-order chi connectivity index (χ1) is 68.9. The quantitative estimate of drug-likeness (QED) is 0.0145. The highest BCUT2D eigenvalue weighted by Crippen LogP contribution is 2.38. The highest BCUT2D eigenvalue weighted by atomic mass is 32.3. The van der Waals surface area contributed by atoms with Gasteiger partial charge in [0.25, 0.3) is 35.4 Å². The Hall–Kier alpha value is -11.3. The van der Waals surface area contributed by atoms with Gasteiger partial charge in [-0.1, -0.05) is 5.16 Å². The van der Waals surface area contributed by atoms with E-state index in [4.69, 9.17) is 71.5 Å². The van der Waals surface area contributed by atoms with Crippen LogP contribution in [-0.2, 0) is 175 Å². The molecule has 14 aliphatic heterocycles. The maximum Gasteiger partial charge on any atom is 0.418 e. The van der Waals surface area contributed by atoms with Crippen molar-refractivity contribution in [3.05, 3.63) is 54.0 Å². The van der Waals surface area contributed by atoms with E-state index in [0.29, 0.717) is 144 Å². The zero-order valence-corrected chi connectivity index (χ0v) is 81.2. The number of hydrogen-bond donors (Lipinski definition) is 15. The smallest absolute Gasteiger partial charge is 0.376 e. The molecule has 18 amide bonds. The molecule has 3 unspecified atom stereocenters. The number of nitrogens with zero attached hydrogens (tertiary/aromatic N) is 17. The molecule has 0 radical (unpaired) electrons. The molecule has 0 spiro atoms. The molecular formula is C69H102N26O45S6. The average molecular weight is 2210 g/mol. The molecule has 18 rings (SSSR count). The third kappa shape index (κ3) is 30.7. The number of nitrogens with two attached hydrogens (primary N) is 1. The number of hydroxylamine groups is 18. The summed E-state index contributed by atoms with van der Waals surface area (Å²) in [6, 6.07) is -11.5. The van der Waals surface area contributed by atoms with Gasteiger partial charge in [0.1, 0.15) is 87.1 Å². The Balaban J connectivity index is 0.000000147. The van der Waals surface area contributed by atoms with Crippen LogP contribution in [0.5, 0.6) is 0 Å². The summed E-state index contributed by atoms with van der Waals surface area (Å²) >= 11 is 0. The van der Waals surface area contributed by atoms with Crippen LogP contribution in [-0.4, -0.2) is 415 Å². The van der Waals surface area contributed by atoms with Gasteiger partial charge in [0, 0.05) is 77.3 Å². The SMILES string of the molecule is Cc1cnc(CONC(=O)[C@@H]2CC[C@@H]3CN2C(=O)N3OS(=O)(=O)O)cn1.NC1CC1ONC(=O)[C@@H]1CC[C@@H]2CN1C(=O)N2OS(=O)(=O)O.O=C(NOCC1CCCCO1)[C@@H]1CC[C@@H]2CN1C(=O)N2OS(=O)(=O)O.O=C(NOCCOC1CNC1)[C@@H]1CC[C@@H]2CN1C(=O)N2OS(=O)(=O)O.O=C(NOCc1ccon1)[C@@H]1CC[C@@H]2CN1C(=O)N2OS(=O)(=O)O.O=C(NOCc1ncn[nH]1)[C@@H]1CC[C@@H]2CN1C(=O)N2OS(=O)(=O)O. The van der Waals surface area contributed by atoms with Gasteiger partial charge in [0.2, 0.25) is 0 Å². The molecule has 1 saturated carbocycles. The fourth-order valence-corrected chi connectivity index (χ4v) is 19.4. The number of ether oxygens (including phenoxy) is 2. The van der Waals surface area contributed by atoms with E-state index in [1.807, 2.05) is 0 Å². The lowest BCUT2D eigenvalue weighted by atomic mass is 10.0. The molecule has 0 aromatic carbocycles. The van der Waals surface area contributed by atoms with Crippen LogP contribution in [0.4, 0.5) is 28.8 Å². The van der Waals surface area contributed by atoms with E-state index in [1.54, 1.807) is 19.2 Å². The molecule has 17 heterocycles. The van der Waals surface area contributed by atoms with E-state index in [9.17, 15) is 108 Å². The van der Waals surface area contributed by atoms with Gasteiger partial charge >= 0.3 is 98.6 Å². The molecule has 16 N–H and O–H groups in total. The van der Waals surface area contributed by atoms with Crippen LogP contribution in [0.25, 0.3) is 0 Å². The van der Waals surface area contributed by atoms with Crippen LogP contribution in [0.3, 0.4) is 0 Å². The van der Waals surface area contributed by atoms with Gasteiger partial charge in [0.15, 0.2) is 5.82 Å². The summed E-state index contributed by atoms with van der Waals surface area (Å²) in [6.45, 7) is 5.47. The highest BCUT2D eigenvalue weighted by Gasteiger charge is 2.57. The van der Waals surface area contributed by atoms with E-state index in [0.717, 1.165) is 47.8 Å². The van der Waals surface area contributed by atoms with Crippen molar-refractivity contribution < 1.29 is 204 Å². The van der Waals surface area contributed by atoms with Crippen LogP contribution in [0.2, 0.25) is 0 Å². The predicted octanol–water partition coefficient (Wildman–Crippen LogP) is -7.31. The predicted molar refractivity (Wildman–Crippen MR) is 459 cm³/mol. The molecule has 15 atom stereocenters. The molecule has 71 nitrogen and oxygen atoms in total. The number of fused-ring (bicyclic) bond motifs is 12. The Labute approximate surface area is 827 Å². The summed E-state index contributed by atoms with van der Waals surface area (Å²) < 4.78 is 223. The van der Waals surface area contributed by atoms with Crippen LogP contribution in [0.1, 0.15) is 126 Å². The van der Waals surface area contributed by atoms with Gasteiger partial charge in [-0.25, -0.2) is 66.6 Å². The van der Waals surface area contributed by atoms with Crippen LogP contribution >= 0.6 is 0 Å². The number of rotatable bonds is 37. The Morgan fingerprint density at radius 1 is 0.425 bits per heavy atom. The molecular weight excluding hydrogens is 2110 g/mol. The Morgan fingerprint density at radius 2 is 0.767 bits per heavy atom. The van der Waals surface area contributed by atoms with Gasteiger partial charge in [0.05, 0.1) is 79.3 Å². The number of urea groups is 6. The Morgan fingerprint density at radius 3 is 1.06 bits per heavy atom. The molecule has 14 saturated heterocycles. The van der Waals surface area contributed by atoms with Crippen LogP contribution < -0.4 is 43.9 Å². The average Bonchev–Trinajstić information content (AvgIpc) is 1.84. The number of aromatic amines is 1. The molecule has 77 heteroatoms. The van der Waals surface area contributed by atoms with Crippen molar-refractivity contribution in [2.45, 2.75) is 226 Å². The fraction of sp³-hybridized carbons (Fsp3) is 0.696. The lowest BCUT2D eigenvalue weighted by Gasteiger charge is -2.29. The summed E-state index contributed by atoms with van der Waals surface area (Å²) in [5, 5.41) is 16.3. The topological polar surface area (TPSA) is 903 Å². The van der Waals surface area contributed by atoms with Gasteiger partial charge < -0.3 is 54.4 Å². The van der Waals surface area contributed by atoms with Crippen molar-refractivity contribution in [2.75, 3.05) is 78.8 Å². The van der Waals surface area contributed by atoms with Crippen molar-refractivity contribution in [1.29, 1.82) is 0 Å². The number of H-pyrrole nitrogens is 1. The fourth-order valence-electron chi connectivity index (χ4n) is 17.0. The number of aryl methyl sites for hydroxylation is 1. The van der Waals surface area contributed by atoms with Crippen LogP contribution in [0.15, 0.2) is 35.6 Å². The summed E-state index contributed by atoms with van der Waals surface area (Å²) in [5.74, 6) is -2.76. The molecule has 814 valence electrons. The number of carbonyl (C=O) groups excluding carboxylic acids is 12. The summed E-state index contributed by atoms with van der Waals surface area (Å²) in [5.41, 5.74) is 20.8. The molecule has 3 aromatic rings. The minimum Gasteiger partial charge on any atom is -0.376 e. The van der Waals surface area contributed by atoms with E-state index in [1.165, 1.54) is 38.4 Å². The number of amides is 18. The maximum atomic E-state index is 12.3. The zero-order chi connectivity index (χ0) is 106. The van der Waals surface area contributed by atoms with Crippen molar-refractivity contribution in [1.82, 2.24) is 128 Å². The normalized spacial score (nSPS) is 26.6. The van der Waals surface area contributed by atoms with Crippen molar-refractivity contribution in [3.8, 4) is 0 Å². The van der Waals surface area contributed by atoms with Gasteiger partial charge in [-0.15, -0.1) is 25.7 Å². The molecule has 3 aromatic heterocycles. The minimum absolute atomic E-state index is 0.000301. The van der Waals surface area contributed by atoms with E-state index in [2.05, 4.69) is 98.7 Å². The number of nitrogens with one attached hydrogen (secondary N) is 8. The first-order valence-electron chi connectivity index (χ1n) is 44.3. The zero-order valence-electron chi connectivity index (χ0n) is 76.3. The first-order valence-corrected chi connectivity index (χ1v) is 52.4. The van der Waals surface area contributed by atoms with Crippen molar-refractivity contribution >= 4 is 134 Å². The number of hydrogen-bond acceptors (Lipinski definition) is 46. The third-order valence-electron chi connectivity index (χ3n) is 24.0. The number of piperidine rings is 6. The first kappa shape index (κ1) is 112. The minimum atomic E-state index is -4.82. The molecule has 1 aliphatic carbocycles. The highest BCUT2D eigenvalue weighted by molar-refractivity contribution is 7.82. The van der Waals surface area contributed by atoms with E-state index >= 15 is 0 Å². The lowest BCUT2D eigenvalue weighted by molar-refractivity contribution is -0.144. The molecule has 146 heavy (non-hydrogen) atoms. The van der Waals surface area contributed by atoms with Gasteiger partial charge in [-0.2, -0.15) is 86.0 Å². The van der Waals surface area contributed by atoms with Gasteiger partial charge in [-0.05, 0) is 110 Å². The number of carbonyl (C=O) groups is 12. The largest absolute Gasteiger partial charge is 0.418 e. The Bertz CT molecular complexity index is 5780. The molecule has 12 bridgehead atoms. The standard InChI is InChI=1S/C13H17N5O7S.C13H21N3O8S.C12H20N4O8S.C11H14N4O8S.C10H14N6O7S.C10H16N4O7S/c1-8-4-15-9(5-14-8)7-24-16-12(19)11-3-2-10-6-17(11)13(20)18(10)25-26(21,22)23;17-12(14-23-8-10-3-1-2-6-22-10)11-5-4-9-7-15(11)13(18)16(9)24-25(19,20)21;17-11(14-23-4-3-22-9-5-13-6-9)10-2-1-8-7-15(10)12(18)16(8)24-25(19,20)21;16-10(13-22-6-7-3-4-21-12-7)9-2-1-8-5-14(9)11(17)15(8)23-24(18,19)20;17-9(14-22-4-8-11-5-12-13-8)7-2-1-6-3-15(7)10(18)16(6)23-24(19,20)21;11-6-3-8(6)20-12-9(15)7-2-1-5-4-13(7)10(16)14(5)21-22(17,18)19/h4-5,10-11H,2-3,6-7H2,1H3,(H,16,19)(H,21,22,23);9-11H,1-8H2,(H,14,17)(H,19,20,21);8-10,13H,1-7H2,(H,14,17)(H,19,20,21);3-4,8-9H,1-2,5-6H2,(H,13,16)(H,18,19,20);5-7H,1-4H2,(H,14,17)(H,11,12,13)(H,19,20,21);5-8H,1-4,11H2,(H,12,15)(H,17,18,19)/t10-,11+;9-,10?,11+;8-,10+;8-,9+;6-,7+;5-,6?,7+,8?/m111111/s1. The third-order valence-corrected chi connectivity index (χ3v) is 26.1. The molecule has 15 fully saturated rings. The summed E-state index contributed by atoms with van der Waals surface area (Å²) in [6.07, 6.45) is 13.1. The maximum absolute atomic E-state index is 12.3. The molecule has 15 aliphatic rings. The van der Waals surface area contributed by atoms with E-state index in [-0.39, 0.29) is 96.7 Å². The summed E-state index contributed by atoms with van der Waals surface area (Å²) in [4.78, 5) is 196. The monoisotopic (exact) mass is 2210 g/mol. The second kappa shape index (κ2) is 48.3. The van der Waals surface area contributed by atoms with Crippen molar-refractivity contribution in [2.24, 2.45) is 5.73 Å². The Kier molecular flexibility index (Phi) is 37.0. The summed E-state index contributed by atoms with van der Waals surface area (Å²) in [7, 11) is -28.9. The van der Waals surface area contributed by atoms with E-state index < -0.39 is 207 Å². The van der Waals surface area contributed by atoms with Crippen molar-refractivity contribution in [3.63, 3.8) is 0 Å². The second-order valence-corrected chi connectivity index (χ2v) is 40.2. The second-order valence-electron chi connectivity index (χ2n) is 34.2.